The molecule has 0 spiro atoms. The van der Waals surface area contributed by atoms with Gasteiger partial charge in [-0.05, 0) is 24.5 Å². The molecule has 0 saturated heterocycles. The zero-order valence-electron chi connectivity index (χ0n) is 13.4. The van der Waals surface area contributed by atoms with Gasteiger partial charge in [-0.1, -0.05) is 18.2 Å². The fourth-order valence-electron chi connectivity index (χ4n) is 2.81. The molecule has 1 atom stereocenters. The Morgan fingerprint density at radius 2 is 2.12 bits per heavy atom. The maximum atomic E-state index is 12.1. The first-order valence-electron chi connectivity index (χ1n) is 7.95. The van der Waals surface area contributed by atoms with Gasteiger partial charge in [0.15, 0.2) is 5.82 Å². The number of hydrogen-bond acceptors (Lipinski definition) is 4. The average Bonchev–Trinajstić information content (AvgIpc) is 2.99. The number of rotatable bonds is 6. The van der Waals surface area contributed by atoms with Crippen LogP contribution in [0.1, 0.15) is 18.4 Å². The topological polar surface area (TPSA) is 113 Å². The summed E-state index contributed by atoms with van der Waals surface area (Å²) in [6.07, 6.45) is 2.71. The Morgan fingerprint density at radius 1 is 1.32 bits per heavy atom. The number of amides is 2. The molecular weight excluding hydrogens is 324 g/mol. The van der Waals surface area contributed by atoms with Gasteiger partial charge < -0.3 is 15.7 Å². The minimum absolute atomic E-state index is 0.0720. The van der Waals surface area contributed by atoms with E-state index in [1.807, 2.05) is 24.3 Å². The van der Waals surface area contributed by atoms with Crippen LogP contribution in [-0.2, 0) is 27.3 Å². The highest BCUT2D eigenvalue weighted by Gasteiger charge is 2.26. The minimum atomic E-state index is -1.01. The molecule has 2 aromatic rings. The number of carboxylic acid groups (broad SMARTS) is 1. The number of carboxylic acids is 1. The van der Waals surface area contributed by atoms with Crippen LogP contribution >= 0.6 is 0 Å². The normalized spacial score (nSPS) is 16.0. The van der Waals surface area contributed by atoms with E-state index in [1.165, 1.54) is 16.9 Å². The van der Waals surface area contributed by atoms with Crippen LogP contribution in [0.2, 0.25) is 0 Å². The number of nitrogens with zero attached hydrogens (tertiary/aromatic N) is 2. The van der Waals surface area contributed by atoms with Crippen LogP contribution < -0.4 is 10.6 Å². The third kappa shape index (κ3) is 4.23. The van der Waals surface area contributed by atoms with Gasteiger partial charge in [-0.15, -0.1) is 0 Å². The molecule has 2 amide bonds. The highest BCUT2D eigenvalue weighted by atomic mass is 16.4. The molecule has 0 aliphatic carbocycles. The molecule has 25 heavy (non-hydrogen) atoms. The fourth-order valence-corrected chi connectivity index (χ4v) is 2.81. The van der Waals surface area contributed by atoms with Crippen LogP contribution in [0, 0.1) is 5.92 Å². The van der Waals surface area contributed by atoms with Gasteiger partial charge >= 0.3 is 5.97 Å². The van der Waals surface area contributed by atoms with E-state index >= 15 is 0 Å². The number of nitrogens with one attached hydrogen (secondary N) is 2. The van der Waals surface area contributed by atoms with Gasteiger partial charge in [0.2, 0.25) is 11.8 Å². The SMILES string of the molecule is O=C(O)Cn1ccc(NC(=O)CC[C@H]2Cc3ccccc3NC2=O)n1. The lowest BCUT2D eigenvalue weighted by Gasteiger charge is -2.24. The van der Waals surface area contributed by atoms with Gasteiger partial charge in [0.05, 0.1) is 0 Å². The standard InChI is InChI=1S/C17H18N4O4/c22-15(19-14-7-8-21(20-14)10-16(23)24)6-5-12-9-11-3-1-2-4-13(11)18-17(12)25/h1-4,7-8,12H,5-6,9-10H2,(H,18,25)(H,23,24)(H,19,20,22)/t12-/m0/s1. The van der Waals surface area contributed by atoms with E-state index in [0.29, 0.717) is 18.7 Å². The Balaban J connectivity index is 1.51. The average molecular weight is 342 g/mol. The van der Waals surface area contributed by atoms with E-state index in [0.717, 1.165) is 11.3 Å². The van der Waals surface area contributed by atoms with E-state index in [4.69, 9.17) is 5.11 Å². The summed E-state index contributed by atoms with van der Waals surface area (Å²) in [5.74, 6) is -1.29. The molecule has 2 heterocycles. The maximum absolute atomic E-state index is 12.1. The lowest BCUT2D eigenvalue weighted by molar-refractivity contribution is -0.137. The first-order valence-corrected chi connectivity index (χ1v) is 7.95. The van der Waals surface area contributed by atoms with Crippen molar-refractivity contribution in [2.75, 3.05) is 10.6 Å². The van der Waals surface area contributed by atoms with Crippen molar-refractivity contribution in [2.24, 2.45) is 5.92 Å². The highest BCUT2D eigenvalue weighted by Crippen LogP contribution is 2.27. The number of para-hydroxylation sites is 1. The molecule has 8 heteroatoms. The van der Waals surface area contributed by atoms with Crippen LogP contribution in [0.3, 0.4) is 0 Å². The molecule has 0 bridgehead atoms. The van der Waals surface area contributed by atoms with Crippen molar-refractivity contribution in [3.63, 3.8) is 0 Å². The fraction of sp³-hybridized carbons (Fsp3) is 0.294. The molecule has 0 saturated carbocycles. The Bertz CT molecular complexity index is 814. The van der Waals surface area contributed by atoms with Gasteiger partial charge in [-0.25, -0.2) is 0 Å². The summed E-state index contributed by atoms with van der Waals surface area (Å²) in [7, 11) is 0. The maximum Gasteiger partial charge on any atom is 0.325 e. The van der Waals surface area contributed by atoms with Crippen LogP contribution in [0.4, 0.5) is 11.5 Å². The number of aliphatic carboxylic acids is 1. The number of hydrogen-bond donors (Lipinski definition) is 3. The van der Waals surface area contributed by atoms with Crippen molar-refractivity contribution in [1.29, 1.82) is 0 Å². The van der Waals surface area contributed by atoms with Gasteiger partial charge in [0, 0.05) is 30.3 Å². The largest absolute Gasteiger partial charge is 0.480 e. The van der Waals surface area contributed by atoms with E-state index in [-0.39, 0.29) is 30.7 Å². The predicted molar refractivity (Wildman–Crippen MR) is 90.0 cm³/mol. The minimum Gasteiger partial charge on any atom is -0.480 e. The van der Waals surface area contributed by atoms with E-state index in [9.17, 15) is 14.4 Å². The molecule has 0 fully saturated rings. The Morgan fingerprint density at radius 3 is 2.92 bits per heavy atom. The number of anilines is 2. The first kappa shape index (κ1) is 16.7. The second-order valence-corrected chi connectivity index (χ2v) is 5.93. The molecule has 3 rings (SSSR count). The molecule has 1 aromatic carbocycles. The summed E-state index contributed by atoms with van der Waals surface area (Å²) < 4.78 is 1.23. The van der Waals surface area contributed by atoms with Crippen molar-refractivity contribution >= 4 is 29.3 Å². The lowest BCUT2D eigenvalue weighted by atomic mass is 9.89. The number of aromatic nitrogens is 2. The first-order chi connectivity index (χ1) is 12.0. The third-order valence-corrected chi connectivity index (χ3v) is 4.04. The van der Waals surface area contributed by atoms with Gasteiger partial charge in [-0.2, -0.15) is 5.10 Å². The quantitative estimate of drug-likeness (QED) is 0.736. The predicted octanol–water partition coefficient (Wildman–Crippen LogP) is 1.50. The van der Waals surface area contributed by atoms with E-state index < -0.39 is 5.97 Å². The summed E-state index contributed by atoms with van der Waals surface area (Å²) in [6.45, 7) is -0.266. The van der Waals surface area contributed by atoms with Gasteiger partial charge in [-0.3, -0.25) is 19.1 Å². The second-order valence-electron chi connectivity index (χ2n) is 5.93. The smallest absolute Gasteiger partial charge is 0.325 e. The van der Waals surface area contributed by atoms with E-state index in [1.54, 1.807) is 0 Å². The molecular formula is C17H18N4O4. The number of carbonyl (C=O) groups excluding carboxylic acids is 2. The molecule has 8 nitrogen and oxygen atoms in total. The van der Waals surface area contributed by atoms with Crippen molar-refractivity contribution in [2.45, 2.75) is 25.8 Å². The Hall–Kier alpha value is -3.16. The van der Waals surface area contributed by atoms with Crippen LogP contribution in [0.25, 0.3) is 0 Å². The summed E-state index contributed by atoms with van der Waals surface area (Å²) in [4.78, 5) is 34.8. The highest BCUT2D eigenvalue weighted by molar-refractivity contribution is 5.96. The lowest BCUT2D eigenvalue weighted by Crippen LogP contribution is -2.30. The van der Waals surface area contributed by atoms with Gasteiger partial charge in [0.25, 0.3) is 0 Å². The molecule has 1 aliphatic heterocycles. The van der Waals surface area contributed by atoms with E-state index in [2.05, 4.69) is 15.7 Å². The molecule has 130 valence electrons. The van der Waals surface area contributed by atoms with Gasteiger partial charge in [0.1, 0.15) is 6.54 Å². The van der Waals surface area contributed by atoms with Crippen LogP contribution in [0.5, 0.6) is 0 Å². The van der Waals surface area contributed by atoms with Crippen LogP contribution in [-0.4, -0.2) is 32.7 Å². The Kier molecular flexibility index (Phi) is 4.78. The molecule has 3 N–H and O–H groups in total. The molecule has 1 aliphatic rings. The van der Waals surface area contributed by atoms with Crippen LogP contribution in [0.15, 0.2) is 36.5 Å². The number of carbonyl (C=O) groups is 3. The van der Waals surface area contributed by atoms with Crippen molar-refractivity contribution in [3.05, 3.63) is 42.1 Å². The molecule has 0 unspecified atom stereocenters. The number of benzene rings is 1. The summed E-state index contributed by atoms with van der Waals surface area (Å²) in [5.41, 5.74) is 1.90. The second kappa shape index (κ2) is 7.16. The van der Waals surface area contributed by atoms with Crippen molar-refractivity contribution in [3.8, 4) is 0 Å². The Labute approximate surface area is 143 Å². The summed E-state index contributed by atoms with van der Waals surface area (Å²) in [6, 6.07) is 9.16. The third-order valence-electron chi connectivity index (χ3n) is 4.04. The summed E-state index contributed by atoms with van der Waals surface area (Å²) in [5, 5.41) is 18.1. The monoisotopic (exact) mass is 342 g/mol. The van der Waals surface area contributed by atoms with Crippen molar-refractivity contribution in [1.82, 2.24) is 9.78 Å². The number of fused-ring (bicyclic) bond motifs is 1. The summed E-state index contributed by atoms with van der Waals surface area (Å²) >= 11 is 0. The molecule has 0 radical (unpaired) electrons. The zero-order chi connectivity index (χ0) is 17.8. The zero-order valence-corrected chi connectivity index (χ0v) is 13.4. The van der Waals surface area contributed by atoms with Crippen molar-refractivity contribution < 1.29 is 19.5 Å². The molecule has 1 aromatic heterocycles.